The van der Waals surface area contributed by atoms with Crippen LogP contribution in [0.5, 0.6) is 0 Å². The largest absolute Gasteiger partial charge is 0.465 e. The number of rotatable bonds is 5. The lowest BCUT2D eigenvalue weighted by molar-refractivity contribution is -0.121. The summed E-state index contributed by atoms with van der Waals surface area (Å²) >= 11 is 6.14. The van der Waals surface area contributed by atoms with Gasteiger partial charge in [-0.15, -0.1) is 0 Å². The van der Waals surface area contributed by atoms with E-state index in [1.165, 1.54) is 7.11 Å². The van der Waals surface area contributed by atoms with Gasteiger partial charge in [0.2, 0.25) is 5.91 Å². The third kappa shape index (κ3) is 4.33. The zero-order chi connectivity index (χ0) is 16.8. The zero-order valence-corrected chi connectivity index (χ0v) is 13.8. The fourth-order valence-corrected chi connectivity index (χ4v) is 2.65. The second-order valence-electron chi connectivity index (χ2n) is 5.14. The van der Waals surface area contributed by atoms with E-state index in [0.717, 1.165) is 5.56 Å². The average molecular weight is 332 g/mol. The monoisotopic (exact) mass is 331 g/mol. The molecule has 1 unspecified atom stereocenters. The van der Waals surface area contributed by atoms with E-state index in [1.807, 2.05) is 25.1 Å². The van der Waals surface area contributed by atoms with Gasteiger partial charge in [-0.25, -0.2) is 4.79 Å². The first-order valence-corrected chi connectivity index (χ1v) is 7.60. The molecular weight excluding hydrogens is 314 g/mol. The Morgan fingerprint density at radius 2 is 1.78 bits per heavy atom. The molecule has 0 aliphatic heterocycles. The van der Waals surface area contributed by atoms with E-state index in [-0.39, 0.29) is 18.4 Å². The first kappa shape index (κ1) is 17.0. The molecule has 0 heterocycles. The summed E-state index contributed by atoms with van der Waals surface area (Å²) in [6.07, 6.45) is 0.0973. The second kappa shape index (κ2) is 7.79. The summed E-state index contributed by atoms with van der Waals surface area (Å²) in [7, 11) is 1.32. The van der Waals surface area contributed by atoms with Crippen LogP contribution in [0.1, 0.15) is 34.5 Å². The van der Waals surface area contributed by atoms with Crippen LogP contribution in [0.3, 0.4) is 0 Å². The van der Waals surface area contributed by atoms with Crippen LogP contribution in [0.2, 0.25) is 5.02 Å². The first-order chi connectivity index (χ1) is 11.0. The predicted molar refractivity (Wildman–Crippen MR) is 89.5 cm³/mol. The molecule has 4 nitrogen and oxygen atoms in total. The van der Waals surface area contributed by atoms with Crippen molar-refractivity contribution in [3.63, 3.8) is 0 Å². The molecule has 0 aliphatic carbocycles. The van der Waals surface area contributed by atoms with E-state index in [1.54, 1.807) is 30.3 Å². The number of amides is 1. The van der Waals surface area contributed by atoms with E-state index in [4.69, 9.17) is 16.3 Å². The second-order valence-corrected chi connectivity index (χ2v) is 5.54. The molecule has 2 rings (SSSR count). The highest BCUT2D eigenvalue weighted by Gasteiger charge is 2.16. The van der Waals surface area contributed by atoms with Crippen molar-refractivity contribution in [2.75, 3.05) is 7.11 Å². The van der Waals surface area contributed by atoms with Crippen LogP contribution < -0.4 is 5.32 Å². The summed E-state index contributed by atoms with van der Waals surface area (Å²) in [4.78, 5) is 24.0. The number of hydrogen-bond donors (Lipinski definition) is 1. The Morgan fingerprint density at radius 3 is 2.48 bits per heavy atom. The zero-order valence-electron chi connectivity index (χ0n) is 13.0. The first-order valence-electron chi connectivity index (χ1n) is 7.23. The Balaban J connectivity index is 2.09. The van der Waals surface area contributed by atoms with Gasteiger partial charge in [0, 0.05) is 5.02 Å². The maximum atomic E-state index is 12.3. The van der Waals surface area contributed by atoms with Crippen molar-refractivity contribution in [3.05, 3.63) is 70.2 Å². The van der Waals surface area contributed by atoms with Crippen LogP contribution in [-0.4, -0.2) is 19.0 Å². The van der Waals surface area contributed by atoms with Crippen molar-refractivity contribution >= 4 is 23.5 Å². The van der Waals surface area contributed by atoms with E-state index in [9.17, 15) is 9.59 Å². The predicted octanol–water partition coefficient (Wildman–Crippen LogP) is 3.55. The van der Waals surface area contributed by atoms with E-state index >= 15 is 0 Å². The molecule has 2 aromatic rings. The van der Waals surface area contributed by atoms with E-state index in [2.05, 4.69) is 5.32 Å². The van der Waals surface area contributed by atoms with Gasteiger partial charge in [-0.1, -0.05) is 48.0 Å². The van der Waals surface area contributed by atoms with Crippen molar-refractivity contribution < 1.29 is 14.3 Å². The molecule has 5 heteroatoms. The lowest BCUT2D eigenvalue weighted by atomic mass is 10.0. The summed E-state index contributed by atoms with van der Waals surface area (Å²) in [5, 5.41) is 3.50. The van der Waals surface area contributed by atoms with Gasteiger partial charge in [-0.3, -0.25) is 4.79 Å². The van der Waals surface area contributed by atoms with Gasteiger partial charge >= 0.3 is 5.97 Å². The van der Waals surface area contributed by atoms with Crippen molar-refractivity contribution in [2.24, 2.45) is 0 Å². The highest BCUT2D eigenvalue weighted by Crippen LogP contribution is 2.22. The normalized spacial score (nSPS) is 11.6. The van der Waals surface area contributed by atoms with Crippen molar-refractivity contribution in [2.45, 2.75) is 19.4 Å². The third-order valence-corrected chi connectivity index (χ3v) is 3.87. The minimum atomic E-state index is -0.451. The van der Waals surface area contributed by atoms with Crippen molar-refractivity contribution in [1.29, 1.82) is 0 Å². The lowest BCUT2D eigenvalue weighted by Crippen LogP contribution is -2.28. The molecule has 0 aromatic heterocycles. The number of hydrogen-bond acceptors (Lipinski definition) is 3. The molecule has 120 valence electrons. The number of ether oxygens (including phenoxy) is 1. The summed E-state index contributed by atoms with van der Waals surface area (Å²) in [6, 6.07) is 14.1. The smallest absolute Gasteiger partial charge is 0.338 e. The molecule has 1 amide bonds. The number of methoxy groups -OCH3 is 1. The molecule has 0 saturated carbocycles. The number of carbonyl (C=O) groups is 2. The van der Waals surface area contributed by atoms with Crippen LogP contribution in [-0.2, 0) is 16.0 Å². The minimum Gasteiger partial charge on any atom is -0.465 e. The molecule has 2 aromatic carbocycles. The van der Waals surface area contributed by atoms with Gasteiger partial charge in [0.15, 0.2) is 0 Å². The summed E-state index contributed by atoms with van der Waals surface area (Å²) in [5.41, 5.74) is 1.88. The molecule has 0 spiro atoms. The maximum absolute atomic E-state index is 12.3. The Labute approximate surface area is 140 Å². The highest BCUT2D eigenvalue weighted by molar-refractivity contribution is 6.31. The summed E-state index contributed by atoms with van der Waals surface area (Å²) in [6.45, 7) is 1.87. The summed E-state index contributed by atoms with van der Waals surface area (Å²) in [5.74, 6) is -0.638. The standard InChI is InChI=1S/C18H18ClNO3/c1-12(14-8-5-6-10-16(14)19)20-17(21)11-13-7-3-4-9-15(13)18(22)23-2/h3-10,12H,11H2,1-2H3,(H,20,21). The van der Waals surface area contributed by atoms with Crippen LogP contribution in [0.15, 0.2) is 48.5 Å². The molecule has 1 atom stereocenters. The molecule has 0 radical (unpaired) electrons. The van der Waals surface area contributed by atoms with Gasteiger partial charge in [-0.05, 0) is 30.2 Å². The van der Waals surface area contributed by atoms with Crippen LogP contribution in [0.4, 0.5) is 0 Å². The Bertz CT molecular complexity index is 715. The molecule has 0 aliphatic rings. The Hall–Kier alpha value is -2.33. The number of halogens is 1. The fourth-order valence-electron chi connectivity index (χ4n) is 2.35. The van der Waals surface area contributed by atoms with E-state index < -0.39 is 5.97 Å². The summed E-state index contributed by atoms with van der Waals surface area (Å²) < 4.78 is 4.74. The number of benzene rings is 2. The van der Waals surface area contributed by atoms with Crippen molar-refractivity contribution in [3.8, 4) is 0 Å². The quantitative estimate of drug-likeness (QED) is 0.852. The number of carbonyl (C=O) groups excluding carboxylic acids is 2. The molecule has 0 bridgehead atoms. The average Bonchev–Trinajstić information content (AvgIpc) is 2.54. The SMILES string of the molecule is COC(=O)c1ccccc1CC(=O)NC(C)c1ccccc1Cl. The van der Waals surface area contributed by atoms with Gasteiger partial charge in [0.1, 0.15) is 0 Å². The number of nitrogens with one attached hydrogen (secondary N) is 1. The number of esters is 1. The van der Waals surface area contributed by atoms with Gasteiger partial charge < -0.3 is 10.1 Å². The third-order valence-electron chi connectivity index (χ3n) is 3.52. The fraction of sp³-hybridized carbons (Fsp3) is 0.222. The Kier molecular flexibility index (Phi) is 5.77. The topological polar surface area (TPSA) is 55.4 Å². The highest BCUT2D eigenvalue weighted by atomic mass is 35.5. The minimum absolute atomic E-state index is 0.0973. The van der Waals surface area contributed by atoms with Crippen LogP contribution in [0, 0.1) is 0 Å². The molecule has 0 saturated heterocycles. The van der Waals surface area contributed by atoms with Crippen LogP contribution >= 0.6 is 11.6 Å². The molecule has 1 N–H and O–H groups in total. The molecule has 23 heavy (non-hydrogen) atoms. The lowest BCUT2D eigenvalue weighted by Gasteiger charge is -2.16. The Morgan fingerprint density at radius 1 is 1.13 bits per heavy atom. The van der Waals surface area contributed by atoms with E-state index in [0.29, 0.717) is 16.1 Å². The van der Waals surface area contributed by atoms with Gasteiger partial charge in [0.25, 0.3) is 0 Å². The van der Waals surface area contributed by atoms with Gasteiger partial charge in [-0.2, -0.15) is 0 Å². The molecule has 0 fully saturated rings. The van der Waals surface area contributed by atoms with Crippen molar-refractivity contribution in [1.82, 2.24) is 5.32 Å². The molecular formula is C18H18ClNO3. The maximum Gasteiger partial charge on any atom is 0.338 e. The van der Waals surface area contributed by atoms with Gasteiger partial charge in [0.05, 0.1) is 25.1 Å². The van der Waals surface area contributed by atoms with Crippen LogP contribution in [0.25, 0.3) is 0 Å².